The van der Waals surface area contributed by atoms with Gasteiger partial charge < -0.3 is 10.1 Å². The Kier molecular flexibility index (Phi) is 4.43. The number of carbonyl (C=O) groups is 1. The van der Waals surface area contributed by atoms with Crippen molar-refractivity contribution >= 4 is 6.09 Å². The van der Waals surface area contributed by atoms with E-state index in [1.807, 2.05) is 13.8 Å². The van der Waals surface area contributed by atoms with Gasteiger partial charge in [0.15, 0.2) is 0 Å². The van der Waals surface area contributed by atoms with Gasteiger partial charge in [0.2, 0.25) is 0 Å². The summed E-state index contributed by atoms with van der Waals surface area (Å²) in [5, 5.41) is 2.87. The molecule has 0 bridgehead atoms. The predicted octanol–water partition coefficient (Wildman–Crippen LogP) is 3.09. The van der Waals surface area contributed by atoms with E-state index >= 15 is 0 Å². The molecule has 0 aromatic heterocycles. The molecule has 1 amide bonds. The van der Waals surface area contributed by atoms with Crippen LogP contribution in [0.3, 0.4) is 0 Å². The van der Waals surface area contributed by atoms with Crippen LogP contribution in [0.25, 0.3) is 0 Å². The third-order valence-corrected chi connectivity index (χ3v) is 3.25. The maximum Gasteiger partial charge on any atom is 0.407 e. The summed E-state index contributed by atoms with van der Waals surface area (Å²) in [7, 11) is 0. The summed E-state index contributed by atoms with van der Waals surface area (Å²) < 4.78 is 5.21. The van der Waals surface area contributed by atoms with Crippen LogP contribution in [0.15, 0.2) is 0 Å². The molecule has 0 aromatic carbocycles. The molecule has 1 rings (SSSR count). The number of alkyl carbamates (subject to hydrolysis) is 1. The Balaban J connectivity index is 2.18. The summed E-state index contributed by atoms with van der Waals surface area (Å²) in [5.41, 5.74) is -0.160. The Morgan fingerprint density at radius 2 is 2.00 bits per heavy atom. The van der Waals surface area contributed by atoms with Gasteiger partial charge in [-0.1, -0.05) is 19.8 Å². The second-order valence-electron chi connectivity index (χ2n) is 5.11. The number of ether oxygens (including phenoxy) is 1. The molecule has 0 aliphatic heterocycles. The number of hydrogen-bond acceptors (Lipinski definition) is 2. The number of hydrogen-bond donors (Lipinski definition) is 1. The average molecular weight is 213 g/mol. The molecule has 0 aromatic rings. The molecule has 3 heteroatoms. The van der Waals surface area contributed by atoms with Gasteiger partial charge in [-0.25, -0.2) is 4.79 Å². The summed E-state index contributed by atoms with van der Waals surface area (Å²) >= 11 is 0. The maximum absolute atomic E-state index is 11.4. The molecule has 1 saturated carbocycles. The van der Waals surface area contributed by atoms with Crippen molar-refractivity contribution in [1.29, 1.82) is 0 Å². The van der Waals surface area contributed by atoms with E-state index in [1.54, 1.807) is 0 Å². The van der Waals surface area contributed by atoms with Crippen molar-refractivity contribution in [3.63, 3.8) is 0 Å². The van der Waals surface area contributed by atoms with Crippen molar-refractivity contribution in [3.05, 3.63) is 0 Å². The summed E-state index contributed by atoms with van der Waals surface area (Å²) in [6, 6.07) is 0. The molecule has 0 radical (unpaired) electrons. The number of rotatable bonds is 4. The molecular formula is C12H23NO2. The standard InChI is InChI=1S/C12H23NO2/c1-4-12(2,3)13-11(14)15-9-10-7-5-6-8-10/h10H,4-9H2,1-3H3,(H,13,14). The molecule has 0 saturated heterocycles. The highest BCUT2D eigenvalue weighted by Crippen LogP contribution is 2.24. The van der Waals surface area contributed by atoms with E-state index < -0.39 is 0 Å². The monoisotopic (exact) mass is 213 g/mol. The number of nitrogens with one attached hydrogen (secondary N) is 1. The number of amides is 1. The third-order valence-electron chi connectivity index (χ3n) is 3.25. The molecule has 0 atom stereocenters. The van der Waals surface area contributed by atoms with Crippen molar-refractivity contribution in [3.8, 4) is 0 Å². The smallest absolute Gasteiger partial charge is 0.407 e. The minimum absolute atomic E-state index is 0.160. The molecule has 1 aliphatic carbocycles. The highest BCUT2D eigenvalue weighted by atomic mass is 16.5. The summed E-state index contributed by atoms with van der Waals surface area (Å²) in [4.78, 5) is 11.4. The van der Waals surface area contributed by atoms with E-state index in [0.29, 0.717) is 12.5 Å². The van der Waals surface area contributed by atoms with Gasteiger partial charge in [-0.3, -0.25) is 0 Å². The fourth-order valence-corrected chi connectivity index (χ4v) is 1.77. The summed E-state index contributed by atoms with van der Waals surface area (Å²) in [6.45, 7) is 6.65. The molecule has 15 heavy (non-hydrogen) atoms. The first-order valence-electron chi connectivity index (χ1n) is 5.98. The zero-order chi connectivity index (χ0) is 11.3. The quantitative estimate of drug-likeness (QED) is 0.779. The van der Waals surface area contributed by atoms with E-state index in [0.717, 1.165) is 6.42 Å². The topological polar surface area (TPSA) is 38.3 Å². The van der Waals surface area contributed by atoms with Gasteiger partial charge in [0.05, 0.1) is 6.61 Å². The molecule has 0 heterocycles. The minimum Gasteiger partial charge on any atom is -0.449 e. The largest absolute Gasteiger partial charge is 0.449 e. The Morgan fingerprint density at radius 1 is 1.40 bits per heavy atom. The second-order valence-corrected chi connectivity index (χ2v) is 5.11. The van der Waals surface area contributed by atoms with Crippen LogP contribution in [0.4, 0.5) is 4.79 Å². The van der Waals surface area contributed by atoms with E-state index in [-0.39, 0.29) is 11.6 Å². The van der Waals surface area contributed by atoms with Crippen molar-refractivity contribution in [2.24, 2.45) is 5.92 Å². The fourth-order valence-electron chi connectivity index (χ4n) is 1.77. The van der Waals surface area contributed by atoms with Gasteiger partial charge in [0, 0.05) is 5.54 Å². The van der Waals surface area contributed by atoms with Gasteiger partial charge in [-0.2, -0.15) is 0 Å². The Labute approximate surface area is 92.6 Å². The summed E-state index contributed by atoms with van der Waals surface area (Å²) in [6.07, 6.45) is 5.64. The van der Waals surface area contributed by atoms with E-state index in [1.165, 1.54) is 25.7 Å². The lowest BCUT2D eigenvalue weighted by atomic mass is 10.0. The lowest BCUT2D eigenvalue weighted by molar-refractivity contribution is 0.118. The van der Waals surface area contributed by atoms with Gasteiger partial charge in [-0.05, 0) is 39.0 Å². The zero-order valence-electron chi connectivity index (χ0n) is 10.1. The van der Waals surface area contributed by atoms with Crippen LogP contribution in [0.2, 0.25) is 0 Å². The van der Waals surface area contributed by atoms with Gasteiger partial charge in [0.25, 0.3) is 0 Å². The lowest BCUT2D eigenvalue weighted by Crippen LogP contribution is -2.43. The molecule has 0 spiro atoms. The molecule has 3 nitrogen and oxygen atoms in total. The van der Waals surface area contributed by atoms with Gasteiger partial charge >= 0.3 is 6.09 Å². The first kappa shape index (κ1) is 12.3. The van der Waals surface area contributed by atoms with Crippen LogP contribution < -0.4 is 5.32 Å². The molecule has 88 valence electrons. The van der Waals surface area contributed by atoms with Crippen LogP contribution in [-0.4, -0.2) is 18.2 Å². The number of carbonyl (C=O) groups excluding carboxylic acids is 1. The van der Waals surface area contributed by atoms with Crippen LogP contribution >= 0.6 is 0 Å². The first-order valence-corrected chi connectivity index (χ1v) is 5.98. The van der Waals surface area contributed by atoms with Crippen molar-refractivity contribution in [1.82, 2.24) is 5.32 Å². The normalized spacial score (nSPS) is 17.8. The molecule has 1 fully saturated rings. The maximum atomic E-state index is 11.4. The highest BCUT2D eigenvalue weighted by Gasteiger charge is 2.21. The van der Waals surface area contributed by atoms with Crippen molar-refractivity contribution in [2.45, 2.75) is 58.4 Å². The molecule has 1 aliphatic rings. The van der Waals surface area contributed by atoms with E-state index in [4.69, 9.17) is 4.74 Å². The van der Waals surface area contributed by atoms with E-state index in [9.17, 15) is 4.79 Å². The average Bonchev–Trinajstić information content (AvgIpc) is 2.66. The fraction of sp³-hybridized carbons (Fsp3) is 0.917. The van der Waals surface area contributed by atoms with Crippen molar-refractivity contribution < 1.29 is 9.53 Å². The first-order chi connectivity index (χ1) is 7.03. The Morgan fingerprint density at radius 3 is 2.53 bits per heavy atom. The van der Waals surface area contributed by atoms with Crippen LogP contribution in [0.1, 0.15) is 52.9 Å². The summed E-state index contributed by atoms with van der Waals surface area (Å²) in [5.74, 6) is 0.598. The Hall–Kier alpha value is -0.730. The molecular weight excluding hydrogens is 190 g/mol. The predicted molar refractivity (Wildman–Crippen MR) is 60.8 cm³/mol. The third kappa shape index (κ3) is 4.54. The van der Waals surface area contributed by atoms with Crippen LogP contribution in [0.5, 0.6) is 0 Å². The SMILES string of the molecule is CCC(C)(C)NC(=O)OCC1CCCC1. The van der Waals surface area contributed by atoms with Gasteiger partial charge in [0.1, 0.15) is 0 Å². The second kappa shape index (κ2) is 5.38. The van der Waals surface area contributed by atoms with E-state index in [2.05, 4.69) is 12.2 Å². The highest BCUT2D eigenvalue weighted by molar-refractivity contribution is 5.68. The zero-order valence-corrected chi connectivity index (χ0v) is 10.1. The van der Waals surface area contributed by atoms with Crippen LogP contribution in [0, 0.1) is 5.92 Å². The van der Waals surface area contributed by atoms with Crippen LogP contribution in [-0.2, 0) is 4.74 Å². The Bertz CT molecular complexity index is 208. The lowest BCUT2D eigenvalue weighted by Gasteiger charge is -2.24. The molecule has 0 unspecified atom stereocenters. The minimum atomic E-state index is -0.270. The van der Waals surface area contributed by atoms with Crippen molar-refractivity contribution in [2.75, 3.05) is 6.61 Å². The molecule has 1 N–H and O–H groups in total. The van der Waals surface area contributed by atoms with Gasteiger partial charge in [-0.15, -0.1) is 0 Å².